The van der Waals surface area contributed by atoms with Crippen molar-refractivity contribution in [3.05, 3.63) is 34.9 Å². The number of ketones is 1. The average molecular weight is 431 g/mol. The number of hydrogen-bond acceptors (Lipinski definition) is 7. The molecule has 1 spiro atoms. The molecule has 160 valence electrons. The van der Waals surface area contributed by atoms with E-state index in [0.29, 0.717) is 38.9 Å². The number of carbonyl (C=O) groups is 1. The zero-order valence-electron chi connectivity index (χ0n) is 17.5. The van der Waals surface area contributed by atoms with Crippen molar-refractivity contribution >= 4 is 15.8 Å². The lowest BCUT2D eigenvalue weighted by molar-refractivity contribution is -0.119. The van der Waals surface area contributed by atoms with Gasteiger partial charge in [0.1, 0.15) is 0 Å². The molecule has 1 aromatic rings. The molecule has 0 saturated carbocycles. The summed E-state index contributed by atoms with van der Waals surface area (Å²) in [5.74, 6) is 0.911. The highest BCUT2D eigenvalue weighted by Crippen LogP contribution is 2.55. The summed E-state index contributed by atoms with van der Waals surface area (Å²) in [6.07, 6.45) is 4.01. The maximum absolute atomic E-state index is 13.3. The van der Waals surface area contributed by atoms with Gasteiger partial charge >= 0.3 is 0 Å². The van der Waals surface area contributed by atoms with Gasteiger partial charge in [-0.15, -0.1) is 5.11 Å². The van der Waals surface area contributed by atoms with Gasteiger partial charge in [-0.05, 0) is 30.7 Å². The molecule has 30 heavy (non-hydrogen) atoms. The molecular formula is C20H26N6O3S. The molecule has 1 N–H and O–H groups in total. The molecule has 0 bridgehead atoms. The number of dihydropyridines is 1. The number of sulfonamides is 1. The number of nitrogens with zero attached hydrogens (tertiary/aromatic N) is 5. The highest BCUT2D eigenvalue weighted by atomic mass is 32.2. The van der Waals surface area contributed by atoms with Crippen LogP contribution in [0.3, 0.4) is 0 Å². The molecule has 0 unspecified atom stereocenters. The molecule has 5 rings (SSSR count). The van der Waals surface area contributed by atoms with Gasteiger partial charge in [0.15, 0.2) is 16.6 Å². The molecule has 0 radical (unpaired) electrons. The molecular weight excluding hydrogens is 404 g/mol. The molecule has 1 fully saturated rings. The van der Waals surface area contributed by atoms with Crippen molar-refractivity contribution in [2.75, 3.05) is 19.6 Å². The van der Waals surface area contributed by atoms with E-state index in [1.807, 2.05) is 0 Å². The molecule has 10 heteroatoms. The van der Waals surface area contributed by atoms with Crippen molar-refractivity contribution in [3.8, 4) is 0 Å². The average Bonchev–Trinajstić information content (AvgIpc) is 3.30. The molecule has 3 aliphatic heterocycles. The number of aromatic nitrogens is 2. The first-order valence-corrected chi connectivity index (χ1v) is 11.7. The monoisotopic (exact) mass is 430 g/mol. The second-order valence-corrected chi connectivity index (χ2v) is 11.3. The van der Waals surface area contributed by atoms with E-state index in [0.717, 1.165) is 29.1 Å². The van der Waals surface area contributed by atoms with E-state index < -0.39 is 15.4 Å². The minimum absolute atomic E-state index is 0.0624. The minimum atomic E-state index is -3.66. The van der Waals surface area contributed by atoms with Crippen LogP contribution < -0.4 is 5.32 Å². The first-order chi connectivity index (χ1) is 14.1. The van der Waals surface area contributed by atoms with Crippen molar-refractivity contribution in [2.24, 2.45) is 28.1 Å². The molecule has 1 saturated heterocycles. The predicted molar refractivity (Wildman–Crippen MR) is 109 cm³/mol. The molecule has 1 aliphatic carbocycles. The van der Waals surface area contributed by atoms with Crippen molar-refractivity contribution < 1.29 is 13.2 Å². The highest BCUT2D eigenvalue weighted by Gasteiger charge is 2.53. The Bertz CT molecular complexity index is 1130. The van der Waals surface area contributed by atoms with Crippen LogP contribution in [0.1, 0.15) is 39.5 Å². The number of azo groups is 1. The first kappa shape index (κ1) is 19.6. The van der Waals surface area contributed by atoms with Crippen LogP contribution >= 0.6 is 0 Å². The number of rotatable bonds is 2. The fourth-order valence-electron chi connectivity index (χ4n) is 5.39. The Morgan fingerprint density at radius 2 is 1.90 bits per heavy atom. The van der Waals surface area contributed by atoms with Crippen LogP contribution in [-0.2, 0) is 21.9 Å². The quantitative estimate of drug-likeness (QED) is 0.773. The third-order valence-corrected chi connectivity index (χ3v) is 8.55. The van der Waals surface area contributed by atoms with E-state index in [2.05, 4.69) is 34.5 Å². The van der Waals surface area contributed by atoms with Crippen LogP contribution in [0.4, 0.5) is 0 Å². The number of nitrogens with one attached hydrogen (secondary N) is 1. The largest absolute Gasteiger partial charge is 0.342 e. The van der Waals surface area contributed by atoms with Gasteiger partial charge in [0.2, 0.25) is 0 Å². The summed E-state index contributed by atoms with van der Waals surface area (Å²) in [7, 11) is -1.96. The number of hydrogen-bond donors (Lipinski definition) is 1. The van der Waals surface area contributed by atoms with Crippen molar-refractivity contribution in [1.29, 1.82) is 0 Å². The fourth-order valence-corrected chi connectivity index (χ4v) is 6.78. The Balaban J connectivity index is 1.50. The lowest BCUT2D eigenvalue weighted by atomic mass is 9.60. The Morgan fingerprint density at radius 3 is 2.57 bits per heavy atom. The lowest BCUT2D eigenvalue weighted by Gasteiger charge is -2.48. The van der Waals surface area contributed by atoms with Gasteiger partial charge in [-0.3, -0.25) is 9.48 Å². The zero-order chi connectivity index (χ0) is 21.3. The molecule has 0 atom stereocenters. The molecule has 1 aromatic heterocycles. The Kier molecular flexibility index (Phi) is 4.14. The Labute approximate surface area is 176 Å². The van der Waals surface area contributed by atoms with E-state index in [-0.39, 0.29) is 16.2 Å². The van der Waals surface area contributed by atoms with E-state index >= 15 is 0 Å². The molecule has 0 aromatic carbocycles. The van der Waals surface area contributed by atoms with Gasteiger partial charge < -0.3 is 5.32 Å². The van der Waals surface area contributed by atoms with Crippen LogP contribution in [-0.4, -0.2) is 47.9 Å². The maximum atomic E-state index is 13.3. The Morgan fingerprint density at radius 1 is 1.17 bits per heavy atom. The number of aryl methyl sites for hydroxylation is 1. The van der Waals surface area contributed by atoms with Crippen molar-refractivity contribution in [2.45, 2.75) is 44.6 Å². The topological polar surface area (TPSA) is 109 Å². The normalized spacial score (nSPS) is 25.5. The maximum Gasteiger partial charge on any atom is 0.262 e. The summed E-state index contributed by atoms with van der Waals surface area (Å²) >= 11 is 0. The number of carbonyl (C=O) groups excluding carboxylic acids is 1. The predicted octanol–water partition coefficient (Wildman–Crippen LogP) is 2.11. The first-order valence-electron chi connectivity index (χ1n) is 10.3. The van der Waals surface area contributed by atoms with Crippen LogP contribution in [0.5, 0.6) is 0 Å². The molecule has 0 amide bonds. The van der Waals surface area contributed by atoms with E-state index in [9.17, 15) is 13.2 Å². The van der Waals surface area contributed by atoms with Crippen LogP contribution in [0.25, 0.3) is 0 Å². The van der Waals surface area contributed by atoms with Gasteiger partial charge in [0.05, 0.1) is 6.54 Å². The number of fused-ring (bicyclic) bond motifs is 2. The third kappa shape index (κ3) is 2.80. The summed E-state index contributed by atoms with van der Waals surface area (Å²) in [5.41, 5.74) is 2.22. The lowest BCUT2D eigenvalue weighted by Crippen LogP contribution is -2.50. The van der Waals surface area contributed by atoms with Gasteiger partial charge in [-0.25, -0.2) is 8.42 Å². The van der Waals surface area contributed by atoms with Gasteiger partial charge in [0.25, 0.3) is 10.0 Å². The third-order valence-electron chi connectivity index (χ3n) is 6.76. The van der Waals surface area contributed by atoms with Gasteiger partial charge in [0, 0.05) is 55.0 Å². The van der Waals surface area contributed by atoms with Crippen LogP contribution in [0.15, 0.2) is 50.2 Å². The standard InChI is InChI=1S/C20H26N6O3S/c1-19(2)10-14-17(15(27)11-19)20(13-12-21-23-18(13)22-14)5-8-26(9-6-20)30(28,29)16-4-7-25(3)24-16/h4,7,22H,5-6,8-12H2,1-3H3. The SMILES string of the molecule is Cn1ccc(S(=O)(=O)N2CCC3(CC2)C2=C(N=NC2)NC2=C3C(=O)CC(C)(C)C2)n1. The van der Waals surface area contributed by atoms with Crippen LogP contribution in [0.2, 0.25) is 0 Å². The molecule has 4 aliphatic rings. The summed E-state index contributed by atoms with van der Waals surface area (Å²) in [6.45, 7) is 5.34. The van der Waals surface area contributed by atoms with E-state index in [1.54, 1.807) is 13.2 Å². The fraction of sp³-hybridized carbons (Fsp3) is 0.600. The second kappa shape index (κ2) is 6.34. The van der Waals surface area contributed by atoms with Crippen molar-refractivity contribution in [3.63, 3.8) is 0 Å². The van der Waals surface area contributed by atoms with E-state index in [1.165, 1.54) is 15.1 Å². The summed E-state index contributed by atoms with van der Waals surface area (Å²) in [5, 5.41) is 16.0. The second-order valence-electron chi connectivity index (χ2n) is 9.46. The summed E-state index contributed by atoms with van der Waals surface area (Å²) < 4.78 is 29.1. The van der Waals surface area contributed by atoms with Crippen LogP contribution in [0, 0.1) is 10.8 Å². The van der Waals surface area contributed by atoms with Gasteiger partial charge in [-0.2, -0.15) is 14.5 Å². The smallest absolute Gasteiger partial charge is 0.262 e. The summed E-state index contributed by atoms with van der Waals surface area (Å²) in [6, 6.07) is 1.52. The van der Waals surface area contributed by atoms with Gasteiger partial charge in [-0.1, -0.05) is 13.8 Å². The zero-order valence-corrected chi connectivity index (χ0v) is 18.3. The summed E-state index contributed by atoms with van der Waals surface area (Å²) in [4.78, 5) is 13.3. The molecule has 9 nitrogen and oxygen atoms in total. The minimum Gasteiger partial charge on any atom is -0.342 e. The number of Topliss-reactive ketones (excluding diaryl/α,β-unsaturated/α-hetero) is 1. The van der Waals surface area contributed by atoms with E-state index in [4.69, 9.17) is 0 Å². The van der Waals surface area contributed by atoms with Crippen molar-refractivity contribution in [1.82, 2.24) is 19.4 Å². The molecule has 4 heterocycles. The highest BCUT2D eigenvalue weighted by molar-refractivity contribution is 7.89. The number of piperidine rings is 1. The Hall–Kier alpha value is -2.33. The number of allylic oxidation sites excluding steroid dienone is 2.